The predicted octanol–water partition coefficient (Wildman–Crippen LogP) is 3.57. The van der Waals surface area contributed by atoms with Crippen molar-refractivity contribution in [3.63, 3.8) is 0 Å². The summed E-state index contributed by atoms with van der Waals surface area (Å²) >= 11 is 0. The highest BCUT2D eigenvalue weighted by molar-refractivity contribution is 6.07. The van der Waals surface area contributed by atoms with E-state index in [-0.39, 0.29) is 28.5 Å². The van der Waals surface area contributed by atoms with E-state index in [1.807, 2.05) is 71.9 Å². The second kappa shape index (κ2) is 6.80. The minimum atomic E-state index is -0.881. The molecule has 1 saturated carbocycles. The van der Waals surface area contributed by atoms with Crippen LogP contribution >= 0.6 is 0 Å². The summed E-state index contributed by atoms with van der Waals surface area (Å²) in [6.07, 6.45) is -0.878. The number of benzene rings is 1. The fourth-order valence-electron chi connectivity index (χ4n) is 5.09. The monoisotopic (exact) mass is 439 g/mol. The Kier molecular flexibility index (Phi) is 4.55. The molecule has 1 fully saturated rings. The Morgan fingerprint density at radius 2 is 1.22 bits per heavy atom. The summed E-state index contributed by atoms with van der Waals surface area (Å²) in [6, 6.07) is 9.67. The number of rotatable bonds is 5. The van der Waals surface area contributed by atoms with Gasteiger partial charge in [-0.25, -0.2) is 15.0 Å². The van der Waals surface area contributed by atoms with Crippen molar-refractivity contribution in [3.8, 4) is 0 Å². The van der Waals surface area contributed by atoms with Crippen molar-refractivity contribution < 1.29 is 19.3 Å². The minimum absolute atomic E-state index is 0.264. The summed E-state index contributed by atoms with van der Waals surface area (Å²) in [5, 5.41) is 11.9. The third-order valence-electron chi connectivity index (χ3n) is 6.66. The van der Waals surface area contributed by atoms with E-state index in [2.05, 4.69) is 0 Å². The first-order valence-electron chi connectivity index (χ1n) is 11.4. The summed E-state index contributed by atoms with van der Waals surface area (Å²) < 4.78 is 18.4. The molecule has 172 valence electrons. The Hall–Kier alpha value is -2.41. The maximum absolute atomic E-state index is 11.9. The molecule has 0 unspecified atom stereocenters. The van der Waals surface area contributed by atoms with E-state index >= 15 is 0 Å². The molecule has 3 heterocycles. The Bertz CT molecular complexity index is 969. The maximum Gasteiger partial charge on any atom is 0.195 e. The van der Waals surface area contributed by atoms with Crippen molar-refractivity contribution in [3.05, 3.63) is 35.9 Å². The van der Waals surface area contributed by atoms with Crippen LogP contribution in [0.2, 0.25) is 0 Å². The molecular weight excluding hydrogens is 406 g/mol. The van der Waals surface area contributed by atoms with Crippen LogP contribution in [0.3, 0.4) is 0 Å². The van der Waals surface area contributed by atoms with Gasteiger partial charge in [0.05, 0.1) is 34.6 Å². The molecule has 0 saturated heterocycles. The highest BCUT2D eigenvalue weighted by Crippen LogP contribution is 2.69. The van der Waals surface area contributed by atoms with E-state index in [9.17, 15) is 5.11 Å². The minimum Gasteiger partial charge on any atom is -0.478 e. The number of nitrogens with zero attached hydrogens (tertiary/aromatic N) is 3. The van der Waals surface area contributed by atoms with Crippen LogP contribution in [0.1, 0.15) is 53.2 Å². The second-order valence-corrected chi connectivity index (χ2v) is 11.3. The number of aliphatic hydroxyl groups is 1. The molecule has 4 aliphatic rings. The lowest BCUT2D eigenvalue weighted by atomic mass is 9.88. The molecule has 0 radical (unpaired) electrons. The Morgan fingerprint density at radius 3 is 1.62 bits per heavy atom. The van der Waals surface area contributed by atoms with Gasteiger partial charge in [0.15, 0.2) is 17.7 Å². The molecule has 5 rings (SSSR count). The smallest absolute Gasteiger partial charge is 0.195 e. The van der Waals surface area contributed by atoms with Crippen LogP contribution in [0.5, 0.6) is 0 Å². The zero-order valence-electron chi connectivity index (χ0n) is 19.8. The maximum atomic E-state index is 11.9. The molecule has 1 aromatic rings. The highest BCUT2D eigenvalue weighted by atomic mass is 16.5. The lowest BCUT2D eigenvalue weighted by molar-refractivity contribution is 0.102. The largest absolute Gasteiger partial charge is 0.478 e. The van der Waals surface area contributed by atoms with Crippen molar-refractivity contribution in [2.24, 2.45) is 32.2 Å². The van der Waals surface area contributed by atoms with Gasteiger partial charge >= 0.3 is 0 Å². The Labute approximate surface area is 189 Å². The Morgan fingerprint density at radius 1 is 0.750 bits per heavy atom. The number of ether oxygens (including phenoxy) is 3. The van der Waals surface area contributed by atoms with Crippen LogP contribution < -0.4 is 0 Å². The molecule has 0 bridgehead atoms. The van der Waals surface area contributed by atoms with Crippen molar-refractivity contribution >= 4 is 17.7 Å². The van der Waals surface area contributed by atoms with Gasteiger partial charge in [-0.1, -0.05) is 30.3 Å². The number of hydrogen-bond acceptors (Lipinski definition) is 7. The first kappa shape index (κ1) is 21.4. The quantitative estimate of drug-likeness (QED) is 0.760. The summed E-state index contributed by atoms with van der Waals surface area (Å²) in [7, 11) is 0. The molecule has 7 nitrogen and oxygen atoms in total. The van der Waals surface area contributed by atoms with Gasteiger partial charge in [-0.15, -0.1) is 0 Å². The summed E-state index contributed by atoms with van der Waals surface area (Å²) in [4.78, 5) is 14.7. The molecule has 1 N–H and O–H groups in total. The number of aliphatic imine (C=N–C) groups is 3. The summed E-state index contributed by atoms with van der Waals surface area (Å²) in [6.45, 7) is 13.7. The first-order valence-corrected chi connectivity index (χ1v) is 11.4. The topological polar surface area (TPSA) is 85.0 Å². The fraction of sp³-hybridized carbons (Fsp3) is 0.640. The van der Waals surface area contributed by atoms with Crippen molar-refractivity contribution in [1.29, 1.82) is 0 Å². The van der Waals surface area contributed by atoms with Gasteiger partial charge in [-0.3, -0.25) is 0 Å². The molecule has 3 atom stereocenters. The Balaban J connectivity index is 1.68. The average Bonchev–Trinajstić information content (AvgIpc) is 2.93. The highest BCUT2D eigenvalue weighted by Gasteiger charge is 2.79. The number of aliphatic hydroxyl groups excluding tert-OH is 1. The molecule has 0 aromatic heterocycles. The zero-order valence-corrected chi connectivity index (χ0v) is 19.8. The molecule has 0 spiro atoms. The summed E-state index contributed by atoms with van der Waals surface area (Å²) in [5.41, 5.74) is -1.09. The lowest BCUT2D eigenvalue weighted by Gasteiger charge is -2.24. The van der Waals surface area contributed by atoms with E-state index in [0.29, 0.717) is 37.5 Å². The van der Waals surface area contributed by atoms with E-state index in [1.165, 1.54) is 0 Å². The van der Waals surface area contributed by atoms with Crippen LogP contribution in [0.4, 0.5) is 0 Å². The normalized spacial score (nSPS) is 34.5. The van der Waals surface area contributed by atoms with Gasteiger partial charge in [0.25, 0.3) is 0 Å². The molecule has 0 amide bonds. The average molecular weight is 440 g/mol. The van der Waals surface area contributed by atoms with Crippen LogP contribution in [0, 0.1) is 17.3 Å². The molecule has 3 aliphatic heterocycles. The first-order chi connectivity index (χ1) is 15.0. The zero-order chi connectivity index (χ0) is 22.9. The third kappa shape index (κ3) is 3.33. The van der Waals surface area contributed by atoms with E-state index < -0.39 is 11.5 Å². The van der Waals surface area contributed by atoms with Gasteiger partial charge in [-0.05, 0) is 47.1 Å². The predicted molar refractivity (Wildman–Crippen MR) is 123 cm³/mol. The lowest BCUT2D eigenvalue weighted by Crippen LogP contribution is -2.31. The molecule has 32 heavy (non-hydrogen) atoms. The van der Waals surface area contributed by atoms with Crippen molar-refractivity contribution in [2.45, 2.75) is 64.3 Å². The van der Waals surface area contributed by atoms with E-state index in [4.69, 9.17) is 29.2 Å². The van der Waals surface area contributed by atoms with Gasteiger partial charge < -0.3 is 19.3 Å². The van der Waals surface area contributed by atoms with Gasteiger partial charge in [0.2, 0.25) is 0 Å². The van der Waals surface area contributed by atoms with Gasteiger partial charge in [0, 0.05) is 0 Å². The van der Waals surface area contributed by atoms with Gasteiger partial charge in [-0.2, -0.15) is 0 Å². The SMILES string of the molecule is CC1(C)COC([C@H]2[C@H](C3=NC(C)(C)CO3)C2(C2=NC(C)(C)CO2)[C@H](O)c2ccccc2)=N1. The molecular formula is C25H33N3O4. The molecule has 7 heteroatoms. The molecule has 1 aliphatic carbocycles. The van der Waals surface area contributed by atoms with Crippen LogP contribution in [-0.4, -0.2) is 59.2 Å². The standard InChI is InChI=1S/C25H33N3O4/c1-22(2)12-30-19(26-22)16-17(20-27-23(3,4)13-31-20)25(16,21-28-24(5,6)14-32-21)18(29)15-10-8-7-9-11-15/h7-11,16-18,29H,12-14H2,1-6H3/t16-,17-,18-/m1/s1. The van der Waals surface area contributed by atoms with Crippen molar-refractivity contribution in [1.82, 2.24) is 0 Å². The van der Waals surface area contributed by atoms with Gasteiger partial charge in [0.1, 0.15) is 25.2 Å². The van der Waals surface area contributed by atoms with E-state index in [0.717, 1.165) is 5.56 Å². The third-order valence-corrected chi connectivity index (χ3v) is 6.66. The van der Waals surface area contributed by atoms with Crippen molar-refractivity contribution in [2.75, 3.05) is 19.8 Å². The van der Waals surface area contributed by atoms with Crippen LogP contribution in [0.25, 0.3) is 0 Å². The van der Waals surface area contributed by atoms with E-state index in [1.54, 1.807) is 0 Å². The van der Waals surface area contributed by atoms with Crippen LogP contribution in [0.15, 0.2) is 45.3 Å². The fourth-order valence-corrected chi connectivity index (χ4v) is 5.09. The van der Waals surface area contributed by atoms with Crippen LogP contribution in [-0.2, 0) is 14.2 Å². The summed E-state index contributed by atoms with van der Waals surface area (Å²) in [5.74, 6) is 1.27. The number of hydrogen-bond donors (Lipinski definition) is 1. The molecule has 1 aromatic carbocycles. The second-order valence-electron chi connectivity index (χ2n) is 11.3.